The Morgan fingerprint density at radius 1 is 1.18 bits per heavy atom. The molecule has 0 saturated heterocycles. The maximum atomic E-state index is 13.2. The van der Waals surface area contributed by atoms with Crippen LogP contribution in [0.4, 0.5) is 0 Å². The molecule has 38 heavy (non-hydrogen) atoms. The van der Waals surface area contributed by atoms with Crippen molar-refractivity contribution in [1.82, 2.24) is 29.6 Å². The molecule has 1 N–H and O–H groups in total. The van der Waals surface area contributed by atoms with E-state index >= 15 is 0 Å². The number of carbonyl (C=O) groups excluding carboxylic acids is 1. The number of hydrogen-bond acceptors (Lipinski definition) is 7. The lowest BCUT2D eigenvalue weighted by atomic mass is 10.1. The van der Waals surface area contributed by atoms with E-state index in [0.717, 1.165) is 11.4 Å². The molecule has 12 heteroatoms. The number of nitrogens with one attached hydrogen (secondary N) is 1. The molecule has 0 spiro atoms. The maximum absolute atomic E-state index is 13.2. The predicted octanol–water partition coefficient (Wildman–Crippen LogP) is 4.23. The lowest BCUT2D eigenvalue weighted by molar-refractivity contribution is 0.0886. The Bertz CT molecular complexity index is 1630. The highest BCUT2D eigenvalue weighted by atomic mass is 32.2. The second kappa shape index (κ2) is 9.90. The zero-order chi connectivity index (χ0) is 28.0. The van der Waals surface area contributed by atoms with Crippen LogP contribution in [0.3, 0.4) is 0 Å². The lowest BCUT2D eigenvalue weighted by Crippen LogP contribution is -2.40. The van der Waals surface area contributed by atoms with Gasteiger partial charge in [0.25, 0.3) is 5.91 Å². The number of hydrogen-bond donors (Lipinski definition) is 1. The third-order valence-electron chi connectivity index (χ3n) is 6.02. The van der Waals surface area contributed by atoms with Crippen molar-refractivity contribution in [2.45, 2.75) is 63.6 Å². The summed E-state index contributed by atoms with van der Waals surface area (Å²) in [6.45, 7) is 13.6. The molecule has 0 bridgehead atoms. The van der Waals surface area contributed by atoms with E-state index in [1.807, 2.05) is 25.3 Å². The zero-order valence-electron chi connectivity index (χ0n) is 23.3. The number of ether oxygens (including phenoxy) is 1. The number of sulfone groups is 1. The first-order valence-corrected chi connectivity index (χ1v) is 18.1. The molecule has 10 nitrogen and oxygen atoms in total. The second-order valence-corrected chi connectivity index (χ2v) is 19.6. The monoisotopic (exact) mass is 556 g/mol. The van der Waals surface area contributed by atoms with Crippen LogP contribution in [-0.4, -0.2) is 65.1 Å². The molecule has 204 valence electrons. The summed E-state index contributed by atoms with van der Waals surface area (Å²) in [4.78, 5) is 23.0. The summed E-state index contributed by atoms with van der Waals surface area (Å²) in [5.74, 6) is -0.251. The average Bonchev–Trinajstić information content (AvgIpc) is 3.31. The molecule has 0 aliphatic heterocycles. The van der Waals surface area contributed by atoms with Crippen LogP contribution >= 0.6 is 0 Å². The van der Waals surface area contributed by atoms with Crippen molar-refractivity contribution in [3.05, 3.63) is 36.2 Å². The first-order chi connectivity index (χ1) is 17.5. The first kappa shape index (κ1) is 27.9. The van der Waals surface area contributed by atoms with E-state index in [9.17, 15) is 13.2 Å². The van der Waals surface area contributed by atoms with Crippen molar-refractivity contribution in [1.29, 1.82) is 0 Å². The van der Waals surface area contributed by atoms with E-state index in [-0.39, 0.29) is 17.5 Å². The first-order valence-electron chi connectivity index (χ1n) is 12.5. The Hall–Kier alpha value is -3.09. The van der Waals surface area contributed by atoms with Crippen LogP contribution in [0.1, 0.15) is 31.1 Å². The molecule has 1 aromatic carbocycles. The minimum absolute atomic E-state index is 0.216. The van der Waals surface area contributed by atoms with Crippen LogP contribution in [0.25, 0.3) is 33.5 Å². The molecule has 0 aliphatic rings. The fourth-order valence-corrected chi connectivity index (χ4v) is 5.43. The Morgan fingerprint density at radius 2 is 1.89 bits per heavy atom. The van der Waals surface area contributed by atoms with Gasteiger partial charge in [-0.25, -0.2) is 18.4 Å². The molecule has 0 atom stereocenters. The van der Waals surface area contributed by atoms with Gasteiger partial charge in [0, 0.05) is 45.1 Å². The van der Waals surface area contributed by atoms with Gasteiger partial charge in [0.1, 0.15) is 23.6 Å². The maximum Gasteiger partial charge on any atom is 0.255 e. The number of nitrogens with zero attached hydrogens (tertiary/aromatic N) is 5. The number of aryl methyl sites for hydroxylation is 1. The van der Waals surface area contributed by atoms with Gasteiger partial charge < -0.3 is 14.6 Å². The number of amides is 1. The SMILES string of the molecule is Cn1nc(-c2cnc3c(n2)c(C(=O)NC(C)(C)C)cn3COCC[Si](C)(C)C)c2ccc(S(C)(=O)=O)cc21. The fraction of sp³-hybridized carbons (Fsp3) is 0.462. The number of fused-ring (bicyclic) bond motifs is 2. The van der Waals surface area contributed by atoms with E-state index in [0.29, 0.717) is 40.2 Å². The fourth-order valence-electron chi connectivity index (χ4n) is 4.04. The van der Waals surface area contributed by atoms with Crippen molar-refractivity contribution in [2.75, 3.05) is 12.9 Å². The molecule has 3 aromatic heterocycles. The van der Waals surface area contributed by atoms with Crippen LogP contribution in [0.15, 0.2) is 35.5 Å². The van der Waals surface area contributed by atoms with Crippen LogP contribution in [-0.2, 0) is 28.4 Å². The number of rotatable bonds is 8. The van der Waals surface area contributed by atoms with Crippen LogP contribution in [0, 0.1) is 0 Å². The summed E-state index contributed by atoms with van der Waals surface area (Å²) in [5, 5.41) is 8.35. The summed E-state index contributed by atoms with van der Waals surface area (Å²) < 4.78 is 33.5. The number of aromatic nitrogens is 5. The molecule has 4 rings (SSSR count). The van der Waals surface area contributed by atoms with Gasteiger partial charge in [-0.1, -0.05) is 19.6 Å². The van der Waals surface area contributed by atoms with Crippen molar-refractivity contribution in [3.63, 3.8) is 0 Å². The van der Waals surface area contributed by atoms with E-state index in [1.165, 1.54) is 6.26 Å². The highest BCUT2D eigenvalue weighted by Crippen LogP contribution is 2.30. The third-order valence-corrected chi connectivity index (χ3v) is 8.83. The van der Waals surface area contributed by atoms with E-state index < -0.39 is 23.5 Å². The van der Waals surface area contributed by atoms with Gasteiger partial charge in [0.2, 0.25) is 0 Å². The van der Waals surface area contributed by atoms with E-state index in [1.54, 1.807) is 42.3 Å². The highest BCUT2D eigenvalue weighted by molar-refractivity contribution is 7.90. The largest absolute Gasteiger partial charge is 0.361 e. The van der Waals surface area contributed by atoms with Gasteiger partial charge in [-0.05, 0) is 45.0 Å². The molecule has 1 amide bonds. The smallest absolute Gasteiger partial charge is 0.255 e. The number of benzene rings is 1. The Labute approximate surface area is 224 Å². The normalized spacial score (nSPS) is 12.9. The molecule has 0 fully saturated rings. The predicted molar refractivity (Wildman–Crippen MR) is 152 cm³/mol. The number of carbonyl (C=O) groups is 1. The summed E-state index contributed by atoms with van der Waals surface area (Å²) in [6, 6.07) is 5.92. The lowest BCUT2D eigenvalue weighted by Gasteiger charge is -2.20. The van der Waals surface area contributed by atoms with Crippen molar-refractivity contribution >= 4 is 45.9 Å². The Morgan fingerprint density at radius 3 is 2.53 bits per heavy atom. The average molecular weight is 557 g/mol. The summed E-state index contributed by atoms with van der Waals surface area (Å²) in [6.07, 6.45) is 4.53. The van der Waals surface area contributed by atoms with E-state index in [4.69, 9.17) is 9.72 Å². The van der Waals surface area contributed by atoms with Crippen LogP contribution < -0.4 is 5.32 Å². The Balaban J connectivity index is 1.79. The van der Waals surface area contributed by atoms with Crippen molar-refractivity contribution < 1.29 is 17.9 Å². The molecule has 3 heterocycles. The summed E-state index contributed by atoms with van der Waals surface area (Å²) in [7, 11) is -2.85. The minimum atomic E-state index is -3.37. The summed E-state index contributed by atoms with van der Waals surface area (Å²) in [5.41, 5.74) is 2.65. The molecule has 4 aromatic rings. The van der Waals surface area contributed by atoms with Gasteiger partial charge in [-0.3, -0.25) is 9.48 Å². The Kier molecular flexibility index (Phi) is 7.27. The minimum Gasteiger partial charge on any atom is -0.361 e. The second-order valence-electron chi connectivity index (χ2n) is 11.9. The van der Waals surface area contributed by atoms with Gasteiger partial charge >= 0.3 is 0 Å². The van der Waals surface area contributed by atoms with Crippen LogP contribution in [0.5, 0.6) is 0 Å². The molecule has 0 radical (unpaired) electrons. The molecular weight excluding hydrogens is 520 g/mol. The van der Waals surface area contributed by atoms with Gasteiger partial charge in [-0.15, -0.1) is 0 Å². The van der Waals surface area contributed by atoms with Crippen LogP contribution in [0.2, 0.25) is 25.7 Å². The molecule has 0 aliphatic carbocycles. The zero-order valence-corrected chi connectivity index (χ0v) is 25.1. The standard InChI is InChI=1S/C26H36N6O4SSi/c1-26(2,3)29-25(33)19-15-32(16-36-11-12-38(6,7)8)24-23(19)28-20(14-27-24)22-18-10-9-17(37(5,34)35)13-21(18)31(4)30-22/h9-10,13-15H,11-12,16H2,1-8H3,(H,29,33). The highest BCUT2D eigenvalue weighted by Gasteiger charge is 2.24. The van der Waals surface area contributed by atoms with Gasteiger partial charge in [-0.2, -0.15) is 5.10 Å². The topological polar surface area (TPSA) is 121 Å². The quantitative estimate of drug-likeness (QED) is 0.255. The van der Waals surface area contributed by atoms with Crippen molar-refractivity contribution in [3.8, 4) is 11.4 Å². The molecular formula is C26H36N6O4SSi. The van der Waals surface area contributed by atoms with E-state index in [2.05, 4.69) is 35.0 Å². The van der Waals surface area contributed by atoms with Gasteiger partial charge in [0.05, 0.1) is 22.2 Å². The van der Waals surface area contributed by atoms with Gasteiger partial charge in [0.15, 0.2) is 15.5 Å². The molecule has 0 unspecified atom stereocenters. The molecule has 0 saturated carbocycles. The summed E-state index contributed by atoms with van der Waals surface area (Å²) >= 11 is 0. The third kappa shape index (κ3) is 6.13. The van der Waals surface area contributed by atoms with Crippen molar-refractivity contribution in [2.24, 2.45) is 7.05 Å².